The van der Waals surface area contributed by atoms with Gasteiger partial charge in [-0.05, 0) is 44.4 Å². The average molecular weight is 280 g/mol. The summed E-state index contributed by atoms with van der Waals surface area (Å²) in [6.07, 6.45) is 2.91. The van der Waals surface area contributed by atoms with Gasteiger partial charge in [-0.25, -0.2) is 4.79 Å². The summed E-state index contributed by atoms with van der Waals surface area (Å²) < 4.78 is 7.82. The van der Waals surface area contributed by atoms with Crippen LogP contribution < -0.4 is 4.67 Å². The Morgan fingerprint density at radius 3 is 2.79 bits per heavy atom. The maximum Gasteiger partial charge on any atom is 0.432 e. The van der Waals surface area contributed by atoms with Gasteiger partial charge in [0.25, 0.3) is 0 Å². The molecule has 0 fully saturated rings. The lowest BCUT2D eigenvalue weighted by Gasteiger charge is -2.19. The quantitative estimate of drug-likeness (QED) is 0.919. The Bertz CT molecular complexity index is 630. The van der Waals surface area contributed by atoms with Crippen molar-refractivity contribution < 1.29 is 14.3 Å². The van der Waals surface area contributed by atoms with Crippen LogP contribution in [0.5, 0.6) is 0 Å². The predicted molar refractivity (Wildman–Crippen MR) is 72.4 cm³/mol. The molecule has 0 unspecified atom stereocenters. The third-order valence-corrected chi connectivity index (χ3v) is 3.91. The molecule has 0 aliphatic rings. The van der Waals surface area contributed by atoms with Crippen LogP contribution in [0.2, 0.25) is 0 Å². The van der Waals surface area contributed by atoms with E-state index in [2.05, 4.69) is 25.8 Å². The molecular formula is C13H16N2O3S. The van der Waals surface area contributed by atoms with Gasteiger partial charge in [-0.1, -0.05) is 0 Å². The number of carboxylic acid groups (broad SMARTS) is 1. The SMILES string of the molecule is CC(C)(C)n1cc(Cc2ccco2)/c(=N/C(=O)O)s1. The maximum atomic E-state index is 10.8. The second kappa shape index (κ2) is 5.05. The number of furan rings is 1. The third kappa shape index (κ3) is 3.35. The smallest absolute Gasteiger partial charge is 0.432 e. The lowest BCUT2D eigenvalue weighted by Crippen LogP contribution is -2.18. The first-order valence-electron chi connectivity index (χ1n) is 5.88. The van der Waals surface area contributed by atoms with Gasteiger partial charge in [0.05, 0.1) is 6.26 Å². The predicted octanol–water partition coefficient (Wildman–Crippen LogP) is 3.07. The van der Waals surface area contributed by atoms with E-state index in [1.165, 1.54) is 11.5 Å². The van der Waals surface area contributed by atoms with E-state index in [0.717, 1.165) is 11.3 Å². The average Bonchev–Trinajstić information content (AvgIpc) is 2.88. The van der Waals surface area contributed by atoms with Crippen LogP contribution in [0.4, 0.5) is 4.79 Å². The fourth-order valence-electron chi connectivity index (χ4n) is 1.61. The molecule has 2 rings (SSSR count). The summed E-state index contributed by atoms with van der Waals surface area (Å²) in [6, 6.07) is 3.68. The first kappa shape index (κ1) is 13.6. The molecule has 0 aromatic carbocycles. The summed E-state index contributed by atoms with van der Waals surface area (Å²) in [6.45, 7) is 6.18. The van der Waals surface area contributed by atoms with Crippen molar-refractivity contribution in [1.29, 1.82) is 0 Å². The number of rotatable bonds is 2. The molecule has 6 heteroatoms. The molecule has 0 atom stereocenters. The van der Waals surface area contributed by atoms with Crippen LogP contribution in [0.25, 0.3) is 0 Å². The molecule has 0 aliphatic carbocycles. The van der Waals surface area contributed by atoms with E-state index >= 15 is 0 Å². The molecule has 2 aromatic rings. The van der Waals surface area contributed by atoms with Crippen LogP contribution in [0.3, 0.4) is 0 Å². The molecule has 0 spiro atoms. The second-order valence-electron chi connectivity index (χ2n) is 5.20. The van der Waals surface area contributed by atoms with E-state index in [9.17, 15) is 4.79 Å². The van der Waals surface area contributed by atoms with Gasteiger partial charge < -0.3 is 9.52 Å². The maximum absolute atomic E-state index is 10.8. The van der Waals surface area contributed by atoms with Gasteiger partial charge >= 0.3 is 6.09 Å². The Kier molecular flexibility index (Phi) is 3.61. The van der Waals surface area contributed by atoms with Gasteiger partial charge in [0, 0.05) is 23.7 Å². The van der Waals surface area contributed by atoms with Gasteiger partial charge in [0.2, 0.25) is 0 Å². The van der Waals surface area contributed by atoms with Crippen molar-refractivity contribution in [1.82, 2.24) is 3.96 Å². The fraction of sp³-hybridized carbons (Fsp3) is 0.385. The van der Waals surface area contributed by atoms with Crippen molar-refractivity contribution in [3.63, 3.8) is 0 Å². The minimum Gasteiger partial charge on any atom is -0.469 e. The van der Waals surface area contributed by atoms with E-state index in [1.807, 2.05) is 22.3 Å². The summed E-state index contributed by atoms with van der Waals surface area (Å²) in [4.78, 5) is 14.4. The Morgan fingerprint density at radius 1 is 1.53 bits per heavy atom. The molecule has 0 aliphatic heterocycles. The molecule has 0 radical (unpaired) electrons. The summed E-state index contributed by atoms with van der Waals surface area (Å²) in [5.41, 5.74) is 0.756. The number of hydrogen-bond donors (Lipinski definition) is 1. The summed E-state index contributed by atoms with van der Waals surface area (Å²) in [5, 5.41) is 8.84. The summed E-state index contributed by atoms with van der Waals surface area (Å²) in [5.74, 6) is 0.792. The second-order valence-corrected chi connectivity index (χ2v) is 6.16. The van der Waals surface area contributed by atoms with E-state index in [1.54, 1.807) is 6.26 Å². The molecule has 2 aromatic heterocycles. The van der Waals surface area contributed by atoms with Gasteiger partial charge in [0.1, 0.15) is 10.4 Å². The highest BCUT2D eigenvalue weighted by molar-refractivity contribution is 7.04. The minimum atomic E-state index is -1.18. The molecular weight excluding hydrogens is 264 g/mol. The largest absolute Gasteiger partial charge is 0.469 e. The van der Waals surface area contributed by atoms with E-state index in [4.69, 9.17) is 9.52 Å². The number of carbonyl (C=O) groups is 1. The van der Waals surface area contributed by atoms with Crippen LogP contribution in [-0.4, -0.2) is 15.2 Å². The van der Waals surface area contributed by atoms with Crippen LogP contribution in [0.1, 0.15) is 32.1 Å². The lowest BCUT2D eigenvalue weighted by atomic mass is 10.1. The molecule has 0 saturated heterocycles. The molecule has 1 amide bonds. The zero-order valence-corrected chi connectivity index (χ0v) is 11.9. The van der Waals surface area contributed by atoms with Gasteiger partial charge in [0.15, 0.2) is 0 Å². The molecule has 0 bridgehead atoms. The Morgan fingerprint density at radius 2 is 2.26 bits per heavy atom. The van der Waals surface area contributed by atoms with Gasteiger partial charge in [-0.3, -0.25) is 3.96 Å². The monoisotopic (exact) mass is 280 g/mol. The van der Waals surface area contributed by atoms with Crippen LogP contribution in [0.15, 0.2) is 34.0 Å². The molecule has 0 saturated carbocycles. The van der Waals surface area contributed by atoms with Gasteiger partial charge in [-0.2, -0.15) is 4.99 Å². The minimum absolute atomic E-state index is 0.102. The highest BCUT2D eigenvalue weighted by Crippen LogP contribution is 2.18. The van der Waals surface area contributed by atoms with Crippen molar-refractivity contribution >= 4 is 17.6 Å². The summed E-state index contributed by atoms with van der Waals surface area (Å²) >= 11 is 1.34. The highest BCUT2D eigenvalue weighted by Gasteiger charge is 2.16. The topological polar surface area (TPSA) is 67.7 Å². The Hall–Kier alpha value is -1.82. The Balaban J connectivity index is 2.46. The number of hydrogen-bond acceptors (Lipinski definition) is 3. The van der Waals surface area contributed by atoms with Crippen LogP contribution in [0, 0.1) is 0 Å². The fourth-order valence-corrected chi connectivity index (χ4v) is 2.61. The Labute approximate surface area is 115 Å². The first-order chi connectivity index (χ1) is 8.86. The van der Waals surface area contributed by atoms with Gasteiger partial charge in [-0.15, -0.1) is 0 Å². The highest BCUT2D eigenvalue weighted by atomic mass is 32.1. The summed E-state index contributed by atoms with van der Waals surface area (Å²) in [7, 11) is 0. The third-order valence-electron chi connectivity index (χ3n) is 2.54. The standard InChI is InChI=1S/C13H16N2O3S/c1-13(2,3)15-8-9(7-10-5-4-6-18-10)11(19-15)14-12(16)17/h4-6,8H,7H2,1-3H3,(H,16,17)/b14-11-. The van der Waals surface area contributed by atoms with E-state index in [0.29, 0.717) is 11.1 Å². The van der Waals surface area contributed by atoms with Crippen molar-refractivity contribution in [2.75, 3.05) is 0 Å². The van der Waals surface area contributed by atoms with Crippen molar-refractivity contribution in [3.8, 4) is 0 Å². The first-order valence-corrected chi connectivity index (χ1v) is 6.66. The van der Waals surface area contributed by atoms with Crippen LogP contribution >= 0.6 is 11.5 Å². The molecule has 5 nitrogen and oxygen atoms in total. The molecule has 2 heterocycles. The molecule has 1 N–H and O–H groups in total. The molecule has 19 heavy (non-hydrogen) atoms. The normalized spacial score (nSPS) is 12.9. The number of amides is 1. The van der Waals surface area contributed by atoms with Crippen molar-refractivity contribution in [3.05, 3.63) is 40.6 Å². The number of aromatic nitrogens is 1. The van der Waals surface area contributed by atoms with E-state index in [-0.39, 0.29) is 5.54 Å². The molecule has 102 valence electrons. The lowest BCUT2D eigenvalue weighted by molar-refractivity contribution is 0.205. The number of nitrogens with zero attached hydrogens (tertiary/aromatic N) is 2. The van der Waals surface area contributed by atoms with Crippen molar-refractivity contribution in [2.45, 2.75) is 32.7 Å². The van der Waals surface area contributed by atoms with E-state index < -0.39 is 6.09 Å². The van der Waals surface area contributed by atoms with Crippen molar-refractivity contribution in [2.24, 2.45) is 4.99 Å². The zero-order valence-electron chi connectivity index (χ0n) is 11.1. The zero-order chi connectivity index (χ0) is 14.0. The van der Waals surface area contributed by atoms with Crippen LogP contribution in [-0.2, 0) is 12.0 Å².